The van der Waals surface area contributed by atoms with Crippen molar-refractivity contribution in [2.24, 2.45) is 0 Å². The Morgan fingerprint density at radius 1 is 1.47 bits per heavy atom. The molecular formula is C12H13N3O2. The van der Waals surface area contributed by atoms with Gasteiger partial charge < -0.3 is 5.11 Å². The van der Waals surface area contributed by atoms with Crippen molar-refractivity contribution in [1.82, 2.24) is 14.8 Å². The van der Waals surface area contributed by atoms with Gasteiger partial charge in [-0.3, -0.25) is 9.67 Å². The first-order chi connectivity index (χ1) is 8.09. The highest BCUT2D eigenvalue weighted by atomic mass is 16.4. The van der Waals surface area contributed by atoms with E-state index in [2.05, 4.69) is 10.1 Å². The lowest BCUT2D eigenvalue weighted by Crippen LogP contribution is -2.08. The maximum Gasteiger partial charge on any atom is 0.339 e. The fraction of sp³-hybridized carbons (Fsp3) is 0.250. The predicted octanol–water partition coefficient (Wildman–Crippen LogP) is 1.64. The Labute approximate surface area is 98.7 Å². The maximum absolute atomic E-state index is 10.9. The number of carboxylic acids is 1. The van der Waals surface area contributed by atoms with Crippen molar-refractivity contribution in [3.8, 4) is 0 Å². The van der Waals surface area contributed by atoms with Gasteiger partial charge in [0.1, 0.15) is 5.56 Å². The van der Waals surface area contributed by atoms with Crippen molar-refractivity contribution in [3.05, 3.63) is 47.0 Å². The molecule has 88 valence electrons. The molecule has 0 amide bonds. The third kappa shape index (κ3) is 2.18. The molecule has 0 aliphatic heterocycles. The average Bonchev–Trinajstić information content (AvgIpc) is 2.64. The van der Waals surface area contributed by atoms with Gasteiger partial charge in [0.25, 0.3) is 0 Å². The SMILES string of the molecule is Cc1cccnc1Cn1ncc(C(=O)O)c1C. The summed E-state index contributed by atoms with van der Waals surface area (Å²) >= 11 is 0. The van der Waals surface area contributed by atoms with E-state index in [-0.39, 0.29) is 5.56 Å². The molecular weight excluding hydrogens is 218 g/mol. The average molecular weight is 231 g/mol. The fourth-order valence-corrected chi connectivity index (χ4v) is 1.64. The molecule has 2 aromatic rings. The van der Waals surface area contributed by atoms with Crippen LogP contribution in [0, 0.1) is 13.8 Å². The number of aromatic nitrogens is 3. The Balaban J connectivity index is 2.31. The van der Waals surface area contributed by atoms with Crippen molar-refractivity contribution in [2.75, 3.05) is 0 Å². The molecule has 0 atom stereocenters. The highest BCUT2D eigenvalue weighted by molar-refractivity contribution is 5.88. The largest absolute Gasteiger partial charge is 0.478 e. The van der Waals surface area contributed by atoms with Crippen LogP contribution in [0.25, 0.3) is 0 Å². The Morgan fingerprint density at radius 3 is 2.82 bits per heavy atom. The summed E-state index contributed by atoms with van der Waals surface area (Å²) in [7, 11) is 0. The van der Waals surface area contributed by atoms with Crippen LogP contribution in [-0.4, -0.2) is 25.8 Å². The third-order valence-electron chi connectivity index (χ3n) is 2.75. The van der Waals surface area contributed by atoms with Gasteiger partial charge in [-0.05, 0) is 25.5 Å². The van der Waals surface area contributed by atoms with Crippen LogP contribution in [0.15, 0.2) is 24.5 Å². The molecule has 2 heterocycles. The summed E-state index contributed by atoms with van der Waals surface area (Å²) in [4.78, 5) is 15.1. The van der Waals surface area contributed by atoms with Gasteiger partial charge in [0.2, 0.25) is 0 Å². The van der Waals surface area contributed by atoms with Gasteiger partial charge in [0, 0.05) is 6.20 Å². The van der Waals surface area contributed by atoms with Crippen LogP contribution in [0.2, 0.25) is 0 Å². The summed E-state index contributed by atoms with van der Waals surface area (Å²) in [5.41, 5.74) is 2.84. The smallest absolute Gasteiger partial charge is 0.339 e. The fourth-order valence-electron chi connectivity index (χ4n) is 1.64. The second-order valence-corrected chi connectivity index (χ2v) is 3.87. The van der Waals surface area contributed by atoms with E-state index in [9.17, 15) is 4.79 Å². The summed E-state index contributed by atoms with van der Waals surface area (Å²) in [6.07, 6.45) is 3.09. The van der Waals surface area contributed by atoms with Crippen molar-refractivity contribution < 1.29 is 9.90 Å². The Bertz CT molecular complexity index is 561. The van der Waals surface area contributed by atoms with E-state index in [4.69, 9.17) is 5.11 Å². The summed E-state index contributed by atoms with van der Waals surface area (Å²) < 4.78 is 1.65. The lowest BCUT2D eigenvalue weighted by molar-refractivity contribution is 0.0696. The number of aryl methyl sites for hydroxylation is 1. The monoisotopic (exact) mass is 231 g/mol. The van der Waals surface area contributed by atoms with Crippen molar-refractivity contribution in [2.45, 2.75) is 20.4 Å². The molecule has 0 aliphatic rings. The van der Waals surface area contributed by atoms with E-state index in [0.717, 1.165) is 11.3 Å². The number of hydrogen-bond donors (Lipinski definition) is 1. The molecule has 0 saturated carbocycles. The maximum atomic E-state index is 10.9. The minimum absolute atomic E-state index is 0.235. The number of carbonyl (C=O) groups is 1. The van der Waals surface area contributed by atoms with Gasteiger partial charge in [0.05, 0.1) is 24.1 Å². The van der Waals surface area contributed by atoms with Crippen molar-refractivity contribution >= 4 is 5.97 Å². The van der Waals surface area contributed by atoms with Crippen LogP contribution in [0.3, 0.4) is 0 Å². The highest BCUT2D eigenvalue weighted by Gasteiger charge is 2.13. The van der Waals surface area contributed by atoms with Gasteiger partial charge >= 0.3 is 5.97 Å². The number of aromatic carboxylic acids is 1. The van der Waals surface area contributed by atoms with Crippen LogP contribution in [0.4, 0.5) is 0 Å². The van der Waals surface area contributed by atoms with Crippen LogP contribution >= 0.6 is 0 Å². The van der Waals surface area contributed by atoms with Gasteiger partial charge in [-0.1, -0.05) is 6.07 Å². The van der Waals surface area contributed by atoms with Crippen LogP contribution in [0.1, 0.15) is 27.3 Å². The molecule has 5 heteroatoms. The molecule has 1 N–H and O–H groups in total. The minimum atomic E-state index is -0.952. The zero-order valence-electron chi connectivity index (χ0n) is 9.71. The second-order valence-electron chi connectivity index (χ2n) is 3.87. The Hall–Kier alpha value is -2.17. The van der Waals surface area contributed by atoms with E-state index < -0.39 is 5.97 Å². The normalized spacial score (nSPS) is 10.5. The molecule has 0 unspecified atom stereocenters. The lowest BCUT2D eigenvalue weighted by Gasteiger charge is -2.06. The first-order valence-electron chi connectivity index (χ1n) is 5.26. The van der Waals surface area contributed by atoms with E-state index in [1.807, 2.05) is 19.1 Å². The minimum Gasteiger partial charge on any atom is -0.478 e. The first kappa shape index (κ1) is 11.3. The van der Waals surface area contributed by atoms with Crippen molar-refractivity contribution in [3.63, 3.8) is 0 Å². The molecule has 0 fully saturated rings. The highest BCUT2D eigenvalue weighted by Crippen LogP contribution is 2.11. The zero-order valence-corrected chi connectivity index (χ0v) is 9.71. The quantitative estimate of drug-likeness (QED) is 0.871. The molecule has 0 aliphatic carbocycles. The van der Waals surface area contributed by atoms with Crippen LogP contribution in [-0.2, 0) is 6.54 Å². The first-order valence-corrected chi connectivity index (χ1v) is 5.26. The zero-order chi connectivity index (χ0) is 12.4. The molecule has 2 aromatic heterocycles. The number of carboxylic acid groups (broad SMARTS) is 1. The molecule has 0 saturated heterocycles. The van der Waals surface area contributed by atoms with Crippen molar-refractivity contribution in [1.29, 1.82) is 0 Å². The Kier molecular flexibility index (Phi) is 2.91. The van der Waals surface area contributed by atoms with E-state index in [1.165, 1.54) is 6.20 Å². The summed E-state index contributed by atoms with van der Waals surface area (Å²) in [5.74, 6) is -0.952. The van der Waals surface area contributed by atoms with Crippen LogP contribution < -0.4 is 0 Å². The molecule has 17 heavy (non-hydrogen) atoms. The van der Waals surface area contributed by atoms with Gasteiger partial charge in [-0.25, -0.2) is 4.79 Å². The molecule has 0 spiro atoms. The second kappa shape index (κ2) is 4.37. The third-order valence-corrected chi connectivity index (χ3v) is 2.75. The number of rotatable bonds is 3. The van der Waals surface area contributed by atoms with Gasteiger partial charge in [-0.2, -0.15) is 5.10 Å². The topological polar surface area (TPSA) is 68.0 Å². The standard InChI is InChI=1S/C12H13N3O2/c1-8-4-3-5-13-11(8)7-15-9(2)10(6-14-15)12(16)17/h3-6H,7H2,1-2H3,(H,16,17). The lowest BCUT2D eigenvalue weighted by atomic mass is 10.2. The summed E-state index contributed by atoms with van der Waals surface area (Å²) in [5, 5.41) is 13.0. The molecule has 5 nitrogen and oxygen atoms in total. The van der Waals surface area contributed by atoms with Gasteiger partial charge in [0.15, 0.2) is 0 Å². The Morgan fingerprint density at radius 2 is 2.24 bits per heavy atom. The van der Waals surface area contributed by atoms with E-state index in [1.54, 1.807) is 17.8 Å². The number of pyridine rings is 1. The van der Waals surface area contributed by atoms with E-state index >= 15 is 0 Å². The van der Waals surface area contributed by atoms with Gasteiger partial charge in [-0.15, -0.1) is 0 Å². The summed E-state index contributed by atoms with van der Waals surface area (Å²) in [6, 6.07) is 3.84. The molecule has 0 radical (unpaired) electrons. The molecule has 2 rings (SSSR count). The van der Waals surface area contributed by atoms with Crippen LogP contribution in [0.5, 0.6) is 0 Å². The molecule has 0 aromatic carbocycles. The number of hydrogen-bond acceptors (Lipinski definition) is 3. The van der Waals surface area contributed by atoms with E-state index in [0.29, 0.717) is 12.2 Å². The predicted molar refractivity (Wildman–Crippen MR) is 62.0 cm³/mol. The summed E-state index contributed by atoms with van der Waals surface area (Å²) in [6.45, 7) is 4.21. The number of nitrogens with zero attached hydrogens (tertiary/aromatic N) is 3. The molecule has 0 bridgehead atoms.